The van der Waals surface area contributed by atoms with Crippen LogP contribution in [0, 0.1) is 5.82 Å². The Balaban J connectivity index is 1.28. The third-order valence-corrected chi connectivity index (χ3v) is 4.89. The summed E-state index contributed by atoms with van der Waals surface area (Å²) in [4.78, 5) is 22.9. The van der Waals surface area contributed by atoms with E-state index in [2.05, 4.69) is 25.5 Å². The molecule has 4 rings (SSSR count). The number of carbonyl (C=O) groups is 1. The van der Waals surface area contributed by atoms with Crippen molar-refractivity contribution < 1.29 is 13.9 Å². The summed E-state index contributed by atoms with van der Waals surface area (Å²) in [6.07, 6.45) is 7.31. The molecule has 1 aliphatic carbocycles. The largest absolute Gasteiger partial charge is 0.487 e. The molecule has 2 heterocycles. The number of rotatable bonds is 6. The fourth-order valence-corrected chi connectivity index (χ4v) is 3.29. The van der Waals surface area contributed by atoms with Gasteiger partial charge in [-0.15, -0.1) is 0 Å². The highest BCUT2D eigenvalue weighted by atomic mass is 19.1. The molecule has 1 unspecified atom stereocenters. The van der Waals surface area contributed by atoms with E-state index in [1.54, 1.807) is 36.7 Å². The molecule has 1 saturated carbocycles. The van der Waals surface area contributed by atoms with Gasteiger partial charge >= 0.3 is 6.03 Å². The summed E-state index contributed by atoms with van der Waals surface area (Å²) in [6, 6.07) is 6.49. The molecule has 148 valence electrons. The Bertz CT molecular complexity index is 815. The number of nitrogens with one attached hydrogen (secondary N) is 2. The molecule has 0 spiro atoms. The van der Waals surface area contributed by atoms with E-state index in [1.165, 1.54) is 0 Å². The van der Waals surface area contributed by atoms with Crippen LogP contribution in [0.15, 0.2) is 36.7 Å². The van der Waals surface area contributed by atoms with E-state index in [1.807, 2.05) is 0 Å². The molecule has 2 fully saturated rings. The Kier molecular flexibility index (Phi) is 5.55. The van der Waals surface area contributed by atoms with Crippen LogP contribution in [0.1, 0.15) is 31.2 Å². The molecule has 2 amide bonds. The summed E-state index contributed by atoms with van der Waals surface area (Å²) in [5.41, 5.74) is 0.413. The Morgan fingerprint density at radius 3 is 2.82 bits per heavy atom. The molecule has 1 atom stereocenters. The van der Waals surface area contributed by atoms with Gasteiger partial charge in [-0.1, -0.05) is 12.1 Å². The van der Waals surface area contributed by atoms with Gasteiger partial charge in [0.15, 0.2) is 11.6 Å². The number of amides is 2. The lowest BCUT2D eigenvalue weighted by Crippen LogP contribution is -2.50. The molecule has 2 aliphatic rings. The highest BCUT2D eigenvalue weighted by Gasteiger charge is 2.26. The fourth-order valence-electron chi connectivity index (χ4n) is 3.29. The monoisotopic (exact) mass is 385 g/mol. The van der Waals surface area contributed by atoms with E-state index in [0.29, 0.717) is 18.1 Å². The van der Waals surface area contributed by atoms with Crippen molar-refractivity contribution in [3.8, 4) is 5.75 Å². The molecule has 2 N–H and O–H groups in total. The molecule has 2 aromatic rings. The summed E-state index contributed by atoms with van der Waals surface area (Å²) >= 11 is 0. The van der Waals surface area contributed by atoms with Crippen molar-refractivity contribution >= 4 is 12.0 Å². The molecule has 7 nitrogen and oxygen atoms in total. The fraction of sp³-hybridized carbons (Fsp3) is 0.450. The van der Waals surface area contributed by atoms with Crippen LogP contribution in [-0.4, -0.2) is 41.2 Å². The van der Waals surface area contributed by atoms with Gasteiger partial charge in [0.1, 0.15) is 0 Å². The van der Waals surface area contributed by atoms with Crippen molar-refractivity contribution in [2.75, 3.05) is 18.0 Å². The molecule has 28 heavy (non-hydrogen) atoms. The second-order valence-corrected chi connectivity index (χ2v) is 7.21. The Morgan fingerprint density at radius 1 is 1.21 bits per heavy atom. The van der Waals surface area contributed by atoms with Crippen LogP contribution in [0.3, 0.4) is 0 Å². The zero-order chi connectivity index (χ0) is 19.3. The van der Waals surface area contributed by atoms with Gasteiger partial charge in [0.25, 0.3) is 0 Å². The molecular formula is C20H24FN5O2. The summed E-state index contributed by atoms with van der Waals surface area (Å²) in [5, 5.41) is 5.71. The number of urea groups is 1. The Hall–Kier alpha value is -2.90. The highest BCUT2D eigenvalue weighted by Crippen LogP contribution is 2.29. The number of ether oxygens (including phenoxy) is 1. The molecule has 0 bridgehead atoms. The minimum Gasteiger partial charge on any atom is -0.487 e. The molecule has 1 saturated heterocycles. The van der Waals surface area contributed by atoms with Gasteiger partial charge in [-0.3, -0.25) is 0 Å². The van der Waals surface area contributed by atoms with Gasteiger partial charge in [-0.25, -0.2) is 19.2 Å². The first-order chi connectivity index (χ1) is 13.7. The molecule has 1 aromatic carbocycles. The minimum absolute atomic E-state index is 0.00747. The van der Waals surface area contributed by atoms with Crippen LogP contribution < -0.4 is 20.3 Å². The van der Waals surface area contributed by atoms with E-state index in [9.17, 15) is 9.18 Å². The van der Waals surface area contributed by atoms with Crippen molar-refractivity contribution in [1.82, 2.24) is 20.6 Å². The smallest absolute Gasteiger partial charge is 0.315 e. The van der Waals surface area contributed by atoms with Crippen LogP contribution in [-0.2, 0) is 6.54 Å². The van der Waals surface area contributed by atoms with Crippen LogP contribution in [0.2, 0.25) is 0 Å². The number of halogens is 1. The SMILES string of the molecule is O=C(NCc1cccc(OC2CC2)c1F)NC1CCCN(c2ncccn2)C1. The van der Waals surface area contributed by atoms with Crippen LogP contribution >= 0.6 is 0 Å². The third kappa shape index (κ3) is 4.68. The minimum atomic E-state index is -0.403. The number of nitrogens with zero attached hydrogens (tertiary/aromatic N) is 3. The Labute approximate surface area is 163 Å². The average Bonchev–Trinajstić information content (AvgIpc) is 3.54. The lowest BCUT2D eigenvalue weighted by Gasteiger charge is -2.33. The van der Waals surface area contributed by atoms with Crippen molar-refractivity contribution in [1.29, 1.82) is 0 Å². The van der Waals surface area contributed by atoms with Crippen LogP contribution in [0.5, 0.6) is 5.75 Å². The number of benzene rings is 1. The second-order valence-electron chi connectivity index (χ2n) is 7.21. The van der Waals surface area contributed by atoms with E-state index in [-0.39, 0.29) is 30.5 Å². The molecule has 0 radical (unpaired) electrons. The number of aromatic nitrogens is 2. The van der Waals surface area contributed by atoms with E-state index in [0.717, 1.165) is 32.2 Å². The van der Waals surface area contributed by atoms with Crippen molar-refractivity contribution in [2.24, 2.45) is 0 Å². The van der Waals surface area contributed by atoms with E-state index < -0.39 is 5.82 Å². The van der Waals surface area contributed by atoms with E-state index in [4.69, 9.17) is 4.74 Å². The van der Waals surface area contributed by atoms with Crippen molar-refractivity contribution in [3.05, 3.63) is 48.0 Å². The van der Waals surface area contributed by atoms with Gasteiger partial charge in [-0.05, 0) is 37.8 Å². The third-order valence-electron chi connectivity index (χ3n) is 4.89. The van der Waals surface area contributed by atoms with Gasteiger partial charge in [0.05, 0.1) is 6.10 Å². The van der Waals surface area contributed by atoms with Crippen molar-refractivity contribution in [3.63, 3.8) is 0 Å². The summed E-state index contributed by atoms with van der Waals surface area (Å²) in [7, 11) is 0. The second kappa shape index (κ2) is 8.41. The number of hydrogen-bond acceptors (Lipinski definition) is 5. The maximum atomic E-state index is 14.5. The normalized spacial score (nSPS) is 19.2. The van der Waals surface area contributed by atoms with Gasteiger partial charge in [-0.2, -0.15) is 0 Å². The Morgan fingerprint density at radius 2 is 2.04 bits per heavy atom. The summed E-state index contributed by atoms with van der Waals surface area (Å²) in [5.74, 6) is 0.525. The molecule has 8 heteroatoms. The predicted octanol–water partition coefficient (Wildman–Crippen LogP) is 2.63. The first-order valence-corrected chi connectivity index (χ1v) is 9.69. The van der Waals surface area contributed by atoms with Gasteiger partial charge < -0.3 is 20.3 Å². The topological polar surface area (TPSA) is 79.4 Å². The quantitative estimate of drug-likeness (QED) is 0.799. The van der Waals surface area contributed by atoms with Crippen LogP contribution in [0.4, 0.5) is 15.1 Å². The first kappa shape index (κ1) is 18.5. The summed E-state index contributed by atoms with van der Waals surface area (Å²) in [6.45, 7) is 1.62. The van der Waals surface area contributed by atoms with Gasteiger partial charge in [0, 0.05) is 43.6 Å². The standard InChI is InChI=1S/C20H24FN5O2/c21-18-14(4-1-6-17(18)28-16-7-8-16)12-24-20(27)25-15-5-2-11-26(13-15)19-22-9-3-10-23-19/h1,3-4,6,9-10,15-16H,2,5,7-8,11-13H2,(H2,24,25,27). The average molecular weight is 385 g/mol. The predicted molar refractivity (Wildman–Crippen MR) is 103 cm³/mol. The number of piperidine rings is 1. The zero-order valence-electron chi connectivity index (χ0n) is 15.6. The van der Waals surface area contributed by atoms with Crippen LogP contribution in [0.25, 0.3) is 0 Å². The summed E-state index contributed by atoms with van der Waals surface area (Å²) < 4.78 is 20.0. The maximum absolute atomic E-state index is 14.5. The number of carbonyl (C=O) groups excluding carboxylic acids is 1. The highest BCUT2D eigenvalue weighted by molar-refractivity contribution is 5.74. The molecular weight excluding hydrogens is 361 g/mol. The lowest BCUT2D eigenvalue weighted by atomic mass is 10.1. The maximum Gasteiger partial charge on any atom is 0.315 e. The zero-order valence-corrected chi connectivity index (χ0v) is 15.6. The van der Waals surface area contributed by atoms with Crippen molar-refractivity contribution in [2.45, 2.75) is 44.4 Å². The number of anilines is 1. The molecule has 1 aliphatic heterocycles. The first-order valence-electron chi connectivity index (χ1n) is 9.69. The lowest BCUT2D eigenvalue weighted by molar-refractivity contribution is 0.234. The molecule has 1 aromatic heterocycles. The van der Waals surface area contributed by atoms with E-state index >= 15 is 0 Å². The van der Waals surface area contributed by atoms with Gasteiger partial charge in [0.2, 0.25) is 5.95 Å². The number of hydrogen-bond donors (Lipinski definition) is 2.